The first-order valence-corrected chi connectivity index (χ1v) is 10.4. The molecule has 2 heterocycles. The van der Waals surface area contributed by atoms with E-state index in [1.165, 1.54) is 10.6 Å². The molecule has 2 aromatic heterocycles. The van der Waals surface area contributed by atoms with Crippen LogP contribution in [0.1, 0.15) is 28.4 Å². The number of nitrogens with zero attached hydrogens (tertiary/aromatic N) is 4. The van der Waals surface area contributed by atoms with Crippen molar-refractivity contribution in [3.63, 3.8) is 0 Å². The summed E-state index contributed by atoms with van der Waals surface area (Å²) in [6, 6.07) is 4.80. The Kier molecular flexibility index (Phi) is 6.09. The molecule has 1 aromatic carbocycles. The number of nitrogens with one attached hydrogen (secondary N) is 1. The summed E-state index contributed by atoms with van der Waals surface area (Å²) in [6.45, 7) is 6.14. The van der Waals surface area contributed by atoms with Crippen LogP contribution in [0.15, 0.2) is 35.7 Å². The summed E-state index contributed by atoms with van der Waals surface area (Å²) >= 11 is 0. The molecule has 10 nitrogen and oxygen atoms in total. The molecule has 29 heavy (non-hydrogen) atoms. The second-order valence-corrected chi connectivity index (χ2v) is 7.78. The lowest BCUT2D eigenvalue weighted by Gasteiger charge is -2.13. The van der Waals surface area contributed by atoms with Gasteiger partial charge in [0.2, 0.25) is 0 Å². The van der Waals surface area contributed by atoms with Gasteiger partial charge in [-0.3, -0.25) is 4.72 Å². The number of hydrogen-bond donors (Lipinski definition) is 1. The number of carbonyl (C=O) groups is 1. The molecule has 3 aromatic rings. The number of fused-ring (bicyclic) bond motifs is 1. The molecule has 0 aliphatic rings. The van der Waals surface area contributed by atoms with Crippen LogP contribution >= 0.6 is 0 Å². The van der Waals surface area contributed by atoms with E-state index in [9.17, 15) is 13.2 Å². The van der Waals surface area contributed by atoms with E-state index in [0.29, 0.717) is 12.2 Å². The Morgan fingerprint density at radius 2 is 2.03 bits per heavy atom. The fraction of sp³-hybridized carbons (Fsp3) is 0.333. The zero-order valence-electron chi connectivity index (χ0n) is 16.2. The predicted molar refractivity (Wildman–Crippen MR) is 104 cm³/mol. The van der Waals surface area contributed by atoms with Gasteiger partial charge in [-0.25, -0.2) is 14.3 Å². The first-order valence-electron chi connectivity index (χ1n) is 8.88. The average Bonchev–Trinajstić information content (AvgIpc) is 3.11. The molecule has 0 atom stereocenters. The van der Waals surface area contributed by atoms with Gasteiger partial charge in [0, 0.05) is 19.0 Å². The third kappa shape index (κ3) is 4.69. The number of sulfonamides is 1. The smallest absolute Gasteiger partial charge is 0.340 e. The highest BCUT2D eigenvalue weighted by atomic mass is 32.2. The van der Waals surface area contributed by atoms with E-state index in [1.54, 1.807) is 38.4 Å². The monoisotopic (exact) mass is 419 g/mol. The second-order valence-electron chi connectivity index (χ2n) is 6.21. The van der Waals surface area contributed by atoms with E-state index in [2.05, 4.69) is 19.8 Å². The normalized spacial score (nSPS) is 11.6. The predicted octanol–water partition coefficient (Wildman–Crippen LogP) is 1.74. The van der Waals surface area contributed by atoms with Crippen molar-refractivity contribution in [1.29, 1.82) is 0 Å². The summed E-state index contributed by atoms with van der Waals surface area (Å²) in [4.78, 5) is 20.4. The molecule has 0 radical (unpaired) electrons. The first kappa shape index (κ1) is 20.7. The van der Waals surface area contributed by atoms with Gasteiger partial charge in [-0.1, -0.05) is 12.1 Å². The molecular formula is C18H21N5O5S. The lowest BCUT2D eigenvalue weighted by molar-refractivity contribution is 0.0336. The molecule has 0 saturated carbocycles. The van der Waals surface area contributed by atoms with Gasteiger partial charge in [0.1, 0.15) is 6.61 Å². The fourth-order valence-electron chi connectivity index (χ4n) is 2.54. The van der Waals surface area contributed by atoms with Crippen molar-refractivity contribution in [3.05, 3.63) is 47.3 Å². The SMILES string of the molecule is CCOCCOC(=O)c1cccc(C)c1NS(=O)(=O)c1nc2ncc(C)cn2n1. The molecule has 0 saturated heterocycles. The van der Waals surface area contributed by atoms with Gasteiger partial charge in [0.15, 0.2) is 0 Å². The van der Waals surface area contributed by atoms with E-state index < -0.39 is 21.1 Å². The topological polar surface area (TPSA) is 125 Å². The van der Waals surface area contributed by atoms with E-state index >= 15 is 0 Å². The molecule has 1 N–H and O–H groups in total. The molecule has 0 amide bonds. The van der Waals surface area contributed by atoms with Gasteiger partial charge in [0.05, 0.1) is 17.9 Å². The minimum Gasteiger partial charge on any atom is -0.460 e. The summed E-state index contributed by atoms with van der Waals surface area (Å²) in [5.74, 6) is -0.511. The zero-order valence-corrected chi connectivity index (χ0v) is 17.1. The van der Waals surface area contributed by atoms with Gasteiger partial charge in [-0.2, -0.15) is 13.4 Å². The summed E-state index contributed by atoms with van der Waals surface area (Å²) in [5, 5.41) is 3.53. The number of ether oxygens (including phenoxy) is 2. The van der Waals surface area contributed by atoms with Crippen molar-refractivity contribution >= 4 is 27.5 Å². The molecule has 0 unspecified atom stereocenters. The number of benzene rings is 1. The van der Waals surface area contributed by atoms with Crippen LogP contribution in [0.25, 0.3) is 5.78 Å². The molecule has 0 fully saturated rings. The molecule has 0 aliphatic heterocycles. The molecule has 3 rings (SSSR count). The number of anilines is 1. The van der Waals surface area contributed by atoms with Crippen LogP contribution in [-0.4, -0.2) is 53.8 Å². The second kappa shape index (κ2) is 8.53. The Bertz CT molecular complexity index is 1140. The summed E-state index contributed by atoms with van der Waals surface area (Å²) in [6.07, 6.45) is 3.18. The maximum absolute atomic E-state index is 12.8. The number of aromatic nitrogens is 4. The van der Waals surface area contributed by atoms with Crippen molar-refractivity contribution in [2.75, 3.05) is 24.5 Å². The Hall–Kier alpha value is -3.05. The number of carbonyl (C=O) groups excluding carboxylic acids is 1. The van der Waals surface area contributed by atoms with Gasteiger partial charge < -0.3 is 9.47 Å². The number of esters is 1. The number of para-hydroxylation sites is 1. The molecule has 11 heteroatoms. The summed E-state index contributed by atoms with van der Waals surface area (Å²) in [5.41, 5.74) is 1.54. The highest BCUT2D eigenvalue weighted by Gasteiger charge is 2.25. The van der Waals surface area contributed by atoms with E-state index in [1.807, 2.05) is 6.92 Å². The van der Waals surface area contributed by atoms with Crippen molar-refractivity contribution < 1.29 is 22.7 Å². The lowest BCUT2D eigenvalue weighted by atomic mass is 10.1. The van der Waals surface area contributed by atoms with E-state index in [4.69, 9.17) is 9.47 Å². The van der Waals surface area contributed by atoms with Crippen molar-refractivity contribution in [2.24, 2.45) is 0 Å². The number of aryl methyl sites for hydroxylation is 2. The fourth-order valence-corrected chi connectivity index (χ4v) is 3.57. The van der Waals surface area contributed by atoms with E-state index in [-0.39, 0.29) is 30.2 Å². The summed E-state index contributed by atoms with van der Waals surface area (Å²) < 4.78 is 39.7. The summed E-state index contributed by atoms with van der Waals surface area (Å²) in [7, 11) is -4.16. The molecular weight excluding hydrogens is 398 g/mol. The molecule has 0 aliphatic carbocycles. The number of rotatable bonds is 8. The van der Waals surface area contributed by atoms with Gasteiger partial charge >= 0.3 is 5.97 Å². The largest absolute Gasteiger partial charge is 0.460 e. The van der Waals surface area contributed by atoms with Crippen molar-refractivity contribution in [2.45, 2.75) is 25.9 Å². The van der Waals surface area contributed by atoms with Crippen LogP contribution in [0.2, 0.25) is 0 Å². The number of hydrogen-bond acceptors (Lipinski definition) is 8. The zero-order chi connectivity index (χ0) is 21.0. The Morgan fingerprint density at radius 1 is 1.24 bits per heavy atom. The van der Waals surface area contributed by atoms with Crippen molar-refractivity contribution in [1.82, 2.24) is 19.6 Å². The minimum atomic E-state index is -4.16. The maximum Gasteiger partial charge on any atom is 0.340 e. The Labute approximate surface area is 167 Å². The highest BCUT2D eigenvalue weighted by Crippen LogP contribution is 2.24. The lowest BCUT2D eigenvalue weighted by Crippen LogP contribution is -2.19. The van der Waals surface area contributed by atoms with Gasteiger partial charge in [-0.05, 0) is 38.0 Å². The standard InChI is InChI=1S/C18H21N5O5S/c1-4-27-8-9-28-16(24)14-7-5-6-13(3)15(14)22-29(25,26)18-20-17-19-10-12(2)11-23(17)21-18/h5-7,10-11,22H,4,8-9H2,1-3H3. The van der Waals surface area contributed by atoms with Crippen LogP contribution in [0.3, 0.4) is 0 Å². The van der Waals surface area contributed by atoms with Gasteiger partial charge in [0.25, 0.3) is 21.0 Å². The van der Waals surface area contributed by atoms with E-state index in [0.717, 1.165) is 5.56 Å². The van der Waals surface area contributed by atoms with Crippen LogP contribution in [0.5, 0.6) is 0 Å². The third-order valence-electron chi connectivity index (χ3n) is 3.94. The molecule has 0 bridgehead atoms. The van der Waals surface area contributed by atoms with Crippen LogP contribution in [0, 0.1) is 13.8 Å². The highest BCUT2D eigenvalue weighted by molar-refractivity contribution is 7.92. The maximum atomic E-state index is 12.8. The average molecular weight is 419 g/mol. The minimum absolute atomic E-state index is 0.0613. The molecule has 0 spiro atoms. The third-order valence-corrected chi connectivity index (χ3v) is 5.06. The van der Waals surface area contributed by atoms with Crippen LogP contribution < -0.4 is 4.72 Å². The van der Waals surface area contributed by atoms with Crippen molar-refractivity contribution in [3.8, 4) is 0 Å². The molecule has 154 valence electrons. The Morgan fingerprint density at radius 3 is 2.79 bits per heavy atom. The quantitative estimate of drug-likeness (QED) is 0.432. The van der Waals surface area contributed by atoms with Crippen LogP contribution in [0.4, 0.5) is 5.69 Å². The van der Waals surface area contributed by atoms with Gasteiger partial charge in [-0.15, -0.1) is 5.10 Å². The first-order chi connectivity index (χ1) is 13.8. The Balaban J connectivity index is 1.88. The van der Waals surface area contributed by atoms with Crippen LogP contribution in [-0.2, 0) is 19.5 Å².